The van der Waals surface area contributed by atoms with Gasteiger partial charge in [-0.25, -0.2) is 9.78 Å². The highest BCUT2D eigenvalue weighted by atomic mass is 16.5. The van der Waals surface area contributed by atoms with Crippen LogP contribution in [0.3, 0.4) is 0 Å². The molecule has 1 heterocycles. The molecule has 1 aromatic carbocycles. The number of ether oxygens (including phenoxy) is 1. The third-order valence-corrected chi connectivity index (χ3v) is 3.80. The molecule has 132 valence electrons. The molecule has 1 aromatic heterocycles. The Morgan fingerprint density at radius 1 is 1.20 bits per heavy atom. The van der Waals surface area contributed by atoms with Crippen LogP contribution in [0.25, 0.3) is 0 Å². The Labute approximate surface area is 146 Å². The average Bonchev–Trinajstić information content (AvgIpc) is 2.60. The van der Waals surface area contributed by atoms with Gasteiger partial charge in [0.05, 0.1) is 24.4 Å². The number of esters is 1. The summed E-state index contributed by atoms with van der Waals surface area (Å²) in [5, 5.41) is 13.2. The standard InChI is InChI=1S/C19H22N2O4/c1-4-25-18(23)15-10-11-16(21-13(15)2)17(22)20-12-19(3,24)14-8-6-5-7-9-14/h5-11,24H,4,12H2,1-3H3,(H,20,22)/t19-/m0/s1. The topological polar surface area (TPSA) is 88.5 Å². The number of aliphatic hydroxyl groups is 1. The molecule has 0 radical (unpaired) electrons. The Morgan fingerprint density at radius 3 is 2.48 bits per heavy atom. The number of carbonyl (C=O) groups is 2. The number of hydrogen-bond acceptors (Lipinski definition) is 5. The Hall–Kier alpha value is -2.73. The lowest BCUT2D eigenvalue weighted by Crippen LogP contribution is -2.39. The van der Waals surface area contributed by atoms with Gasteiger partial charge >= 0.3 is 5.97 Å². The van der Waals surface area contributed by atoms with Crippen LogP contribution in [0.5, 0.6) is 0 Å². The van der Waals surface area contributed by atoms with Crippen LogP contribution in [0.1, 0.15) is 46.0 Å². The van der Waals surface area contributed by atoms with Crippen molar-refractivity contribution in [2.45, 2.75) is 26.4 Å². The number of carbonyl (C=O) groups excluding carboxylic acids is 2. The lowest BCUT2D eigenvalue weighted by molar-refractivity contribution is 0.0523. The lowest BCUT2D eigenvalue weighted by atomic mass is 9.96. The van der Waals surface area contributed by atoms with E-state index in [-0.39, 0.29) is 18.8 Å². The molecule has 2 aromatic rings. The zero-order valence-electron chi connectivity index (χ0n) is 14.6. The molecule has 0 aliphatic carbocycles. The van der Waals surface area contributed by atoms with Crippen molar-refractivity contribution in [2.24, 2.45) is 0 Å². The van der Waals surface area contributed by atoms with Gasteiger partial charge in [0.25, 0.3) is 5.91 Å². The molecule has 2 rings (SSSR count). The number of pyridine rings is 1. The molecule has 2 N–H and O–H groups in total. The van der Waals surface area contributed by atoms with Crippen molar-refractivity contribution >= 4 is 11.9 Å². The monoisotopic (exact) mass is 342 g/mol. The largest absolute Gasteiger partial charge is 0.462 e. The van der Waals surface area contributed by atoms with Crippen LogP contribution < -0.4 is 5.32 Å². The fourth-order valence-electron chi connectivity index (χ4n) is 2.35. The highest BCUT2D eigenvalue weighted by Crippen LogP contribution is 2.19. The van der Waals surface area contributed by atoms with E-state index in [1.54, 1.807) is 32.9 Å². The molecule has 6 nitrogen and oxygen atoms in total. The van der Waals surface area contributed by atoms with Gasteiger partial charge in [-0.1, -0.05) is 30.3 Å². The van der Waals surface area contributed by atoms with Crippen molar-refractivity contribution in [1.82, 2.24) is 10.3 Å². The van der Waals surface area contributed by atoms with Gasteiger partial charge in [0.2, 0.25) is 0 Å². The van der Waals surface area contributed by atoms with Gasteiger partial charge in [-0.05, 0) is 38.5 Å². The van der Waals surface area contributed by atoms with E-state index in [2.05, 4.69) is 10.3 Å². The first-order valence-corrected chi connectivity index (χ1v) is 8.06. The number of hydrogen-bond donors (Lipinski definition) is 2. The van der Waals surface area contributed by atoms with E-state index in [4.69, 9.17) is 4.74 Å². The Kier molecular flexibility index (Phi) is 5.88. The summed E-state index contributed by atoms with van der Waals surface area (Å²) in [5.41, 5.74) is 0.429. The smallest absolute Gasteiger partial charge is 0.339 e. The van der Waals surface area contributed by atoms with E-state index >= 15 is 0 Å². The molecule has 0 saturated carbocycles. The molecule has 0 bridgehead atoms. The van der Waals surface area contributed by atoms with Crippen molar-refractivity contribution < 1.29 is 19.4 Å². The summed E-state index contributed by atoms with van der Waals surface area (Å²) in [4.78, 5) is 28.2. The summed E-state index contributed by atoms with van der Waals surface area (Å²) >= 11 is 0. The minimum atomic E-state index is -1.20. The van der Waals surface area contributed by atoms with E-state index in [0.29, 0.717) is 16.8 Å². The minimum absolute atomic E-state index is 0.0379. The second kappa shape index (κ2) is 7.90. The molecule has 0 fully saturated rings. The number of benzene rings is 1. The van der Waals surface area contributed by atoms with Gasteiger partial charge in [0.15, 0.2) is 0 Å². The number of aryl methyl sites for hydroxylation is 1. The zero-order chi connectivity index (χ0) is 18.4. The molecule has 6 heteroatoms. The molecule has 1 atom stereocenters. The zero-order valence-corrected chi connectivity index (χ0v) is 14.6. The van der Waals surface area contributed by atoms with Gasteiger partial charge in [0, 0.05) is 0 Å². The van der Waals surface area contributed by atoms with Crippen LogP contribution in [-0.4, -0.2) is 35.1 Å². The van der Waals surface area contributed by atoms with E-state index in [1.165, 1.54) is 12.1 Å². The average molecular weight is 342 g/mol. The fourth-order valence-corrected chi connectivity index (χ4v) is 2.35. The van der Waals surface area contributed by atoms with Gasteiger partial charge in [0.1, 0.15) is 11.3 Å². The van der Waals surface area contributed by atoms with Crippen molar-refractivity contribution in [3.63, 3.8) is 0 Å². The summed E-state index contributed by atoms with van der Waals surface area (Å²) in [6.07, 6.45) is 0. The normalized spacial score (nSPS) is 13.0. The molecule has 1 amide bonds. The second-order valence-electron chi connectivity index (χ2n) is 5.87. The molecular formula is C19H22N2O4. The third-order valence-electron chi connectivity index (χ3n) is 3.80. The van der Waals surface area contributed by atoms with Crippen LogP contribution in [0.15, 0.2) is 42.5 Å². The number of aromatic nitrogens is 1. The summed E-state index contributed by atoms with van der Waals surface area (Å²) in [6.45, 7) is 5.31. The number of rotatable bonds is 6. The molecule has 0 spiro atoms. The maximum absolute atomic E-state index is 12.3. The highest BCUT2D eigenvalue weighted by Gasteiger charge is 2.24. The second-order valence-corrected chi connectivity index (χ2v) is 5.87. The van der Waals surface area contributed by atoms with Gasteiger partial charge in [-0.3, -0.25) is 4.79 Å². The molecule has 0 aliphatic rings. The highest BCUT2D eigenvalue weighted by molar-refractivity contribution is 5.95. The Bertz CT molecular complexity index is 757. The first-order chi connectivity index (χ1) is 11.8. The van der Waals surface area contributed by atoms with Crippen molar-refractivity contribution in [3.05, 3.63) is 65.0 Å². The van der Waals surface area contributed by atoms with Crippen LogP contribution in [0.4, 0.5) is 0 Å². The van der Waals surface area contributed by atoms with Gasteiger partial charge in [-0.15, -0.1) is 0 Å². The van der Waals surface area contributed by atoms with E-state index < -0.39 is 17.5 Å². The number of amides is 1. The summed E-state index contributed by atoms with van der Waals surface area (Å²) < 4.78 is 4.94. The summed E-state index contributed by atoms with van der Waals surface area (Å²) in [7, 11) is 0. The van der Waals surface area contributed by atoms with Crippen LogP contribution in [0, 0.1) is 6.92 Å². The Morgan fingerprint density at radius 2 is 1.88 bits per heavy atom. The van der Waals surface area contributed by atoms with E-state index in [0.717, 1.165) is 0 Å². The summed E-state index contributed by atoms with van der Waals surface area (Å²) in [6, 6.07) is 12.1. The quantitative estimate of drug-likeness (QED) is 0.786. The van der Waals surface area contributed by atoms with Gasteiger partial charge < -0.3 is 15.2 Å². The van der Waals surface area contributed by atoms with Gasteiger partial charge in [-0.2, -0.15) is 0 Å². The Balaban J connectivity index is 2.06. The lowest BCUT2D eigenvalue weighted by Gasteiger charge is -2.24. The SMILES string of the molecule is CCOC(=O)c1ccc(C(=O)NC[C@](C)(O)c2ccccc2)nc1C. The first-order valence-electron chi connectivity index (χ1n) is 8.06. The van der Waals surface area contributed by atoms with Crippen LogP contribution in [-0.2, 0) is 10.3 Å². The predicted molar refractivity (Wildman–Crippen MR) is 93.3 cm³/mol. The summed E-state index contributed by atoms with van der Waals surface area (Å²) in [5.74, 6) is -0.888. The maximum atomic E-state index is 12.3. The predicted octanol–water partition coefficient (Wildman–Crippen LogP) is 2.20. The number of nitrogens with one attached hydrogen (secondary N) is 1. The molecule has 25 heavy (non-hydrogen) atoms. The molecule has 0 aliphatic heterocycles. The fraction of sp³-hybridized carbons (Fsp3) is 0.316. The van der Waals surface area contributed by atoms with Crippen molar-refractivity contribution in [1.29, 1.82) is 0 Å². The third kappa shape index (κ3) is 4.64. The molecule has 0 saturated heterocycles. The van der Waals surface area contributed by atoms with Crippen LogP contribution >= 0.6 is 0 Å². The number of nitrogens with zero attached hydrogens (tertiary/aromatic N) is 1. The maximum Gasteiger partial charge on any atom is 0.339 e. The van der Waals surface area contributed by atoms with Crippen molar-refractivity contribution in [2.75, 3.05) is 13.2 Å². The molecule has 0 unspecified atom stereocenters. The van der Waals surface area contributed by atoms with Crippen molar-refractivity contribution in [3.8, 4) is 0 Å². The van der Waals surface area contributed by atoms with E-state index in [9.17, 15) is 14.7 Å². The van der Waals surface area contributed by atoms with E-state index in [1.807, 2.05) is 18.2 Å². The van der Waals surface area contributed by atoms with Crippen LogP contribution in [0.2, 0.25) is 0 Å². The molecular weight excluding hydrogens is 320 g/mol. The minimum Gasteiger partial charge on any atom is -0.462 e. The first kappa shape index (κ1) is 18.6.